The lowest BCUT2D eigenvalue weighted by Crippen LogP contribution is -2.33. The number of likely N-dealkylation sites (N-methyl/N-ethyl adjacent to an activating group) is 1. The van der Waals surface area contributed by atoms with E-state index in [1.807, 2.05) is 0 Å². The Morgan fingerprint density at radius 1 is 1.40 bits per heavy atom. The number of aliphatic hydroxyl groups excluding tert-OH is 1. The lowest BCUT2D eigenvalue weighted by molar-refractivity contribution is 0.257. The van der Waals surface area contributed by atoms with E-state index in [1.165, 1.54) is 22.8 Å². The molecule has 0 radical (unpaired) electrons. The maximum atomic E-state index is 12.4. The molecule has 2 aromatic rings. The summed E-state index contributed by atoms with van der Waals surface area (Å²) in [5, 5.41) is 8.92. The fourth-order valence-electron chi connectivity index (χ4n) is 1.98. The van der Waals surface area contributed by atoms with E-state index in [2.05, 4.69) is 0 Å². The minimum Gasteiger partial charge on any atom is -0.408 e. The van der Waals surface area contributed by atoms with Gasteiger partial charge in [0.05, 0.1) is 17.0 Å². The van der Waals surface area contributed by atoms with Crippen molar-refractivity contribution < 1.29 is 17.9 Å². The number of aliphatic hydroxyl groups is 1. The average molecular weight is 300 g/mol. The van der Waals surface area contributed by atoms with Crippen molar-refractivity contribution in [2.24, 2.45) is 7.05 Å². The molecule has 0 saturated heterocycles. The van der Waals surface area contributed by atoms with Crippen molar-refractivity contribution in [2.75, 3.05) is 19.7 Å². The minimum atomic E-state index is -3.71. The molecule has 0 bridgehead atoms. The highest BCUT2D eigenvalue weighted by atomic mass is 32.2. The molecule has 0 unspecified atom stereocenters. The molecular formula is C12H16N2O5S. The third kappa shape index (κ3) is 2.37. The highest BCUT2D eigenvalue weighted by molar-refractivity contribution is 7.89. The summed E-state index contributed by atoms with van der Waals surface area (Å²) in [6.45, 7) is 1.71. The van der Waals surface area contributed by atoms with E-state index < -0.39 is 15.8 Å². The third-order valence-electron chi connectivity index (χ3n) is 3.10. The SMILES string of the molecule is CCN(CCO)S(=O)(=O)c1ccc2c(c1)oc(=O)n2C. The van der Waals surface area contributed by atoms with Crippen LogP contribution in [0.15, 0.2) is 32.3 Å². The normalized spacial score (nSPS) is 12.4. The third-order valence-corrected chi connectivity index (χ3v) is 5.07. The van der Waals surface area contributed by atoms with Gasteiger partial charge >= 0.3 is 5.76 Å². The van der Waals surface area contributed by atoms with Crippen LogP contribution in [0.2, 0.25) is 0 Å². The molecule has 0 saturated carbocycles. The molecule has 0 aliphatic heterocycles. The molecule has 0 fully saturated rings. The molecule has 2 rings (SSSR count). The van der Waals surface area contributed by atoms with Gasteiger partial charge in [-0.15, -0.1) is 0 Å². The molecule has 8 heteroatoms. The molecule has 1 N–H and O–H groups in total. The molecule has 1 aromatic heterocycles. The second-order valence-electron chi connectivity index (χ2n) is 4.28. The van der Waals surface area contributed by atoms with Crippen LogP contribution in [0.5, 0.6) is 0 Å². The van der Waals surface area contributed by atoms with Crippen molar-refractivity contribution in [1.82, 2.24) is 8.87 Å². The maximum absolute atomic E-state index is 12.4. The van der Waals surface area contributed by atoms with Gasteiger partial charge in [-0.2, -0.15) is 4.31 Å². The number of rotatable bonds is 5. The number of benzene rings is 1. The van der Waals surface area contributed by atoms with Crippen LogP contribution in [0, 0.1) is 0 Å². The van der Waals surface area contributed by atoms with Crippen LogP contribution in [0.1, 0.15) is 6.92 Å². The van der Waals surface area contributed by atoms with Crippen LogP contribution in [0.25, 0.3) is 11.1 Å². The van der Waals surface area contributed by atoms with E-state index in [-0.39, 0.29) is 30.2 Å². The Morgan fingerprint density at radius 3 is 2.70 bits per heavy atom. The van der Waals surface area contributed by atoms with Gasteiger partial charge in [0.1, 0.15) is 0 Å². The van der Waals surface area contributed by atoms with Crippen molar-refractivity contribution in [3.05, 3.63) is 28.7 Å². The van der Waals surface area contributed by atoms with Gasteiger partial charge in [-0.05, 0) is 12.1 Å². The first kappa shape index (κ1) is 14.8. The van der Waals surface area contributed by atoms with Crippen LogP contribution in [0.3, 0.4) is 0 Å². The summed E-state index contributed by atoms with van der Waals surface area (Å²) in [4.78, 5) is 11.4. The summed E-state index contributed by atoms with van der Waals surface area (Å²) in [6, 6.07) is 4.28. The Hall–Kier alpha value is -1.64. The zero-order valence-electron chi connectivity index (χ0n) is 11.2. The zero-order valence-corrected chi connectivity index (χ0v) is 12.1. The van der Waals surface area contributed by atoms with Crippen molar-refractivity contribution in [3.8, 4) is 0 Å². The summed E-state index contributed by atoms with van der Waals surface area (Å²) < 4.78 is 32.2. The monoisotopic (exact) mass is 300 g/mol. The molecular weight excluding hydrogens is 284 g/mol. The van der Waals surface area contributed by atoms with E-state index in [9.17, 15) is 13.2 Å². The van der Waals surface area contributed by atoms with Crippen LogP contribution >= 0.6 is 0 Å². The fraction of sp³-hybridized carbons (Fsp3) is 0.417. The highest BCUT2D eigenvalue weighted by Gasteiger charge is 2.23. The van der Waals surface area contributed by atoms with Crippen LogP contribution in [-0.2, 0) is 17.1 Å². The summed E-state index contributed by atoms with van der Waals surface area (Å²) in [5.74, 6) is -0.544. The second-order valence-corrected chi connectivity index (χ2v) is 6.21. The van der Waals surface area contributed by atoms with Gasteiger partial charge in [0.15, 0.2) is 5.58 Å². The number of hydrogen-bond donors (Lipinski definition) is 1. The topological polar surface area (TPSA) is 92.8 Å². The molecule has 1 heterocycles. The lowest BCUT2D eigenvalue weighted by Gasteiger charge is -2.19. The number of aromatic nitrogens is 1. The van der Waals surface area contributed by atoms with E-state index >= 15 is 0 Å². The van der Waals surface area contributed by atoms with Crippen LogP contribution < -0.4 is 5.76 Å². The van der Waals surface area contributed by atoms with Gasteiger partial charge in [-0.3, -0.25) is 4.57 Å². The molecule has 0 amide bonds. The number of aryl methyl sites for hydroxylation is 1. The smallest absolute Gasteiger partial charge is 0.408 e. The molecule has 110 valence electrons. The first-order chi connectivity index (χ1) is 9.41. The quantitative estimate of drug-likeness (QED) is 0.847. The van der Waals surface area contributed by atoms with Crippen molar-refractivity contribution in [1.29, 1.82) is 0 Å². The molecule has 7 nitrogen and oxygen atoms in total. The second kappa shape index (κ2) is 5.39. The van der Waals surface area contributed by atoms with Gasteiger partial charge in [-0.25, -0.2) is 13.2 Å². The fourth-order valence-corrected chi connectivity index (χ4v) is 3.44. The van der Waals surface area contributed by atoms with E-state index in [1.54, 1.807) is 14.0 Å². The Balaban J connectivity index is 2.54. The Bertz CT molecular complexity index is 775. The molecule has 1 aromatic carbocycles. The Kier molecular flexibility index (Phi) is 3.98. The zero-order chi connectivity index (χ0) is 14.9. The molecule has 0 spiro atoms. The minimum absolute atomic E-state index is 0.0234. The average Bonchev–Trinajstić information content (AvgIpc) is 2.70. The number of nitrogens with zero attached hydrogens (tertiary/aromatic N) is 2. The van der Waals surface area contributed by atoms with Crippen molar-refractivity contribution in [2.45, 2.75) is 11.8 Å². The largest absolute Gasteiger partial charge is 0.419 e. The van der Waals surface area contributed by atoms with Gasteiger partial charge < -0.3 is 9.52 Å². The van der Waals surface area contributed by atoms with Gasteiger partial charge in [0, 0.05) is 26.2 Å². The van der Waals surface area contributed by atoms with Gasteiger partial charge in [0.2, 0.25) is 10.0 Å². The predicted octanol–water partition coefficient (Wildman–Crippen LogP) is 0.134. The first-order valence-corrected chi connectivity index (χ1v) is 7.56. The maximum Gasteiger partial charge on any atom is 0.419 e. The standard InChI is InChI=1S/C12H16N2O5S/c1-3-14(6-7-15)20(17,18)9-4-5-10-11(8-9)19-12(16)13(10)2/h4-5,8,15H,3,6-7H2,1-2H3. The van der Waals surface area contributed by atoms with E-state index in [0.717, 1.165) is 4.31 Å². The highest BCUT2D eigenvalue weighted by Crippen LogP contribution is 2.21. The van der Waals surface area contributed by atoms with Gasteiger partial charge in [-0.1, -0.05) is 6.92 Å². The Labute approximate surface area is 116 Å². The van der Waals surface area contributed by atoms with E-state index in [0.29, 0.717) is 5.52 Å². The molecule has 0 aliphatic rings. The predicted molar refractivity (Wildman–Crippen MR) is 73.0 cm³/mol. The molecule has 20 heavy (non-hydrogen) atoms. The molecule has 0 atom stereocenters. The summed E-state index contributed by atoms with van der Waals surface area (Å²) in [6.07, 6.45) is 0. The van der Waals surface area contributed by atoms with E-state index in [4.69, 9.17) is 9.52 Å². The summed E-state index contributed by atoms with van der Waals surface area (Å²) in [5.41, 5.74) is 0.748. The summed E-state index contributed by atoms with van der Waals surface area (Å²) >= 11 is 0. The first-order valence-electron chi connectivity index (χ1n) is 6.12. The summed E-state index contributed by atoms with van der Waals surface area (Å²) in [7, 11) is -2.16. The number of fused-ring (bicyclic) bond motifs is 1. The van der Waals surface area contributed by atoms with Crippen molar-refractivity contribution >= 4 is 21.1 Å². The molecule has 0 aliphatic carbocycles. The number of sulfonamides is 1. The number of oxazole rings is 1. The van der Waals surface area contributed by atoms with Gasteiger partial charge in [0.25, 0.3) is 0 Å². The van der Waals surface area contributed by atoms with Crippen molar-refractivity contribution in [3.63, 3.8) is 0 Å². The lowest BCUT2D eigenvalue weighted by atomic mass is 10.3. The Morgan fingerprint density at radius 2 is 2.10 bits per heavy atom. The van der Waals surface area contributed by atoms with Crippen LogP contribution in [0.4, 0.5) is 0 Å². The van der Waals surface area contributed by atoms with Crippen LogP contribution in [-0.4, -0.2) is 42.1 Å². The number of hydrogen-bond acceptors (Lipinski definition) is 5.